The predicted octanol–water partition coefficient (Wildman–Crippen LogP) is 0.578. The number of anilines is 1. The highest BCUT2D eigenvalue weighted by molar-refractivity contribution is 5.72. The molecule has 0 radical (unpaired) electrons. The van der Waals surface area contributed by atoms with E-state index in [1.165, 1.54) is 7.11 Å². The average Bonchev–Trinajstić information content (AvgIpc) is 2.17. The molecule has 0 amide bonds. The highest BCUT2D eigenvalue weighted by atomic mass is 16.5. The van der Waals surface area contributed by atoms with E-state index >= 15 is 0 Å². The van der Waals surface area contributed by atoms with Crippen LogP contribution in [0.2, 0.25) is 0 Å². The van der Waals surface area contributed by atoms with E-state index in [1.54, 1.807) is 18.3 Å². The molecule has 0 fully saturated rings. The number of nitrogen functional groups attached to an aromatic ring is 1. The van der Waals surface area contributed by atoms with E-state index in [9.17, 15) is 4.79 Å². The molecule has 2 N–H and O–H groups in total. The predicted molar refractivity (Wildman–Crippen MR) is 52.2 cm³/mol. The topological polar surface area (TPSA) is 65.2 Å². The molecule has 0 saturated carbocycles. The Kier molecular flexibility index (Phi) is 3.50. The molecule has 0 saturated heterocycles. The molecule has 0 aliphatic rings. The fraction of sp³-hybridized carbons (Fsp3) is 0.200. The summed E-state index contributed by atoms with van der Waals surface area (Å²) in [5, 5.41) is 0. The second-order valence-corrected chi connectivity index (χ2v) is 2.53. The van der Waals surface area contributed by atoms with Gasteiger partial charge in [-0.15, -0.1) is 0 Å². The molecule has 0 unspecified atom stereocenters. The molecule has 1 rings (SSSR count). The van der Waals surface area contributed by atoms with Crippen LogP contribution in [0.25, 0.3) is 0 Å². The van der Waals surface area contributed by atoms with Crippen molar-refractivity contribution in [3.05, 3.63) is 24.0 Å². The SMILES string of the molecule is COC(=O)CC#Cc1cc(N)ccn1. The highest BCUT2D eigenvalue weighted by Crippen LogP contribution is 2.00. The zero-order chi connectivity index (χ0) is 10.4. The molecule has 14 heavy (non-hydrogen) atoms. The summed E-state index contributed by atoms with van der Waals surface area (Å²) in [5.74, 6) is 4.99. The molecular weight excluding hydrogens is 180 g/mol. The van der Waals surface area contributed by atoms with Crippen LogP contribution in [-0.4, -0.2) is 18.1 Å². The van der Waals surface area contributed by atoms with E-state index in [1.807, 2.05) is 0 Å². The molecule has 0 bridgehead atoms. The van der Waals surface area contributed by atoms with Crippen LogP contribution < -0.4 is 5.73 Å². The third kappa shape index (κ3) is 3.15. The molecule has 0 spiro atoms. The number of esters is 1. The lowest BCUT2D eigenvalue weighted by Gasteiger charge is -1.92. The number of rotatable bonds is 1. The maximum atomic E-state index is 10.7. The van der Waals surface area contributed by atoms with E-state index in [0.29, 0.717) is 11.4 Å². The van der Waals surface area contributed by atoms with E-state index in [0.717, 1.165) is 0 Å². The number of hydrogen-bond donors (Lipinski definition) is 1. The standard InChI is InChI=1S/C10H10N2O2/c1-14-10(13)4-2-3-9-7-8(11)5-6-12-9/h5-7H,4H2,1H3,(H2,11,12). The first-order valence-corrected chi connectivity index (χ1v) is 3.99. The largest absolute Gasteiger partial charge is 0.468 e. The highest BCUT2D eigenvalue weighted by Gasteiger charge is 1.94. The Morgan fingerprint density at radius 3 is 3.14 bits per heavy atom. The smallest absolute Gasteiger partial charge is 0.317 e. The number of ether oxygens (including phenoxy) is 1. The van der Waals surface area contributed by atoms with E-state index < -0.39 is 0 Å². The van der Waals surface area contributed by atoms with Crippen LogP contribution >= 0.6 is 0 Å². The van der Waals surface area contributed by atoms with Crippen LogP contribution in [-0.2, 0) is 9.53 Å². The molecule has 4 nitrogen and oxygen atoms in total. The summed E-state index contributed by atoms with van der Waals surface area (Å²) in [6.45, 7) is 0. The van der Waals surface area contributed by atoms with Crippen molar-refractivity contribution < 1.29 is 9.53 Å². The van der Waals surface area contributed by atoms with Gasteiger partial charge in [-0.25, -0.2) is 4.98 Å². The summed E-state index contributed by atoms with van der Waals surface area (Å²) >= 11 is 0. The molecule has 0 aliphatic heterocycles. The minimum Gasteiger partial charge on any atom is -0.468 e. The van der Waals surface area contributed by atoms with Gasteiger partial charge in [-0.1, -0.05) is 5.92 Å². The van der Waals surface area contributed by atoms with Gasteiger partial charge in [-0.2, -0.15) is 0 Å². The van der Waals surface area contributed by atoms with Gasteiger partial charge in [0.05, 0.1) is 7.11 Å². The van der Waals surface area contributed by atoms with Gasteiger partial charge in [0, 0.05) is 11.9 Å². The fourth-order valence-corrected chi connectivity index (χ4v) is 0.794. The maximum absolute atomic E-state index is 10.7. The monoisotopic (exact) mass is 190 g/mol. The zero-order valence-electron chi connectivity index (χ0n) is 7.78. The van der Waals surface area contributed by atoms with Gasteiger partial charge >= 0.3 is 5.97 Å². The number of aromatic nitrogens is 1. The first kappa shape index (κ1) is 10.1. The van der Waals surface area contributed by atoms with Crippen molar-refractivity contribution in [3.63, 3.8) is 0 Å². The van der Waals surface area contributed by atoms with Crippen LogP contribution in [0.5, 0.6) is 0 Å². The van der Waals surface area contributed by atoms with Gasteiger partial charge in [0.25, 0.3) is 0 Å². The first-order valence-electron chi connectivity index (χ1n) is 3.99. The number of hydrogen-bond acceptors (Lipinski definition) is 4. The quantitative estimate of drug-likeness (QED) is 0.519. The fourth-order valence-electron chi connectivity index (χ4n) is 0.794. The first-order chi connectivity index (χ1) is 6.72. The van der Waals surface area contributed by atoms with Gasteiger partial charge in [0.1, 0.15) is 12.1 Å². The molecule has 1 aromatic rings. The summed E-state index contributed by atoms with van der Waals surface area (Å²) in [4.78, 5) is 14.7. The molecule has 1 aromatic heterocycles. The Morgan fingerprint density at radius 1 is 1.71 bits per heavy atom. The molecular formula is C10H10N2O2. The molecule has 0 atom stereocenters. The minimum atomic E-state index is -0.360. The Bertz CT molecular complexity index is 391. The normalized spacial score (nSPS) is 8.64. The van der Waals surface area contributed by atoms with Gasteiger partial charge in [-0.3, -0.25) is 4.79 Å². The Labute approximate surface area is 82.1 Å². The van der Waals surface area contributed by atoms with Crippen molar-refractivity contribution >= 4 is 11.7 Å². The van der Waals surface area contributed by atoms with Crippen LogP contribution in [0.1, 0.15) is 12.1 Å². The van der Waals surface area contributed by atoms with Crippen LogP contribution in [0.4, 0.5) is 5.69 Å². The Balaban J connectivity index is 2.64. The van der Waals surface area contributed by atoms with Crippen LogP contribution in [0, 0.1) is 11.8 Å². The molecule has 72 valence electrons. The lowest BCUT2D eigenvalue weighted by molar-refractivity contribution is -0.139. The average molecular weight is 190 g/mol. The Morgan fingerprint density at radius 2 is 2.50 bits per heavy atom. The maximum Gasteiger partial charge on any atom is 0.317 e. The van der Waals surface area contributed by atoms with Gasteiger partial charge in [0.2, 0.25) is 0 Å². The number of carbonyl (C=O) groups excluding carboxylic acids is 1. The number of nitrogens with zero attached hydrogens (tertiary/aromatic N) is 1. The summed E-state index contributed by atoms with van der Waals surface area (Å²) < 4.78 is 4.43. The van der Waals surface area contributed by atoms with Crippen LogP contribution in [0.3, 0.4) is 0 Å². The number of nitrogens with two attached hydrogens (primary N) is 1. The van der Waals surface area contributed by atoms with Crippen molar-refractivity contribution in [2.75, 3.05) is 12.8 Å². The van der Waals surface area contributed by atoms with Crippen molar-refractivity contribution in [3.8, 4) is 11.8 Å². The van der Waals surface area contributed by atoms with Crippen molar-refractivity contribution in [2.24, 2.45) is 0 Å². The van der Waals surface area contributed by atoms with Crippen molar-refractivity contribution in [2.45, 2.75) is 6.42 Å². The third-order valence-electron chi connectivity index (χ3n) is 1.46. The second-order valence-electron chi connectivity index (χ2n) is 2.53. The molecule has 0 aromatic carbocycles. The second kappa shape index (κ2) is 4.87. The lowest BCUT2D eigenvalue weighted by atomic mass is 10.3. The molecule has 4 heteroatoms. The van der Waals surface area contributed by atoms with E-state index in [2.05, 4.69) is 21.6 Å². The third-order valence-corrected chi connectivity index (χ3v) is 1.46. The molecule has 1 heterocycles. The van der Waals surface area contributed by atoms with Crippen molar-refractivity contribution in [1.82, 2.24) is 4.98 Å². The summed E-state index contributed by atoms with van der Waals surface area (Å²) in [5.41, 5.74) is 6.67. The van der Waals surface area contributed by atoms with Gasteiger partial charge in [-0.05, 0) is 18.1 Å². The number of carbonyl (C=O) groups is 1. The Hall–Kier alpha value is -2.02. The summed E-state index contributed by atoms with van der Waals surface area (Å²) in [6.07, 6.45) is 1.63. The van der Waals surface area contributed by atoms with Gasteiger partial charge < -0.3 is 10.5 Å². The van der Waals surface area contributed by atoms with Crippen molar-refractivity contribution in [1.29, 1.82) is 0 Å². The minimum absolute atomic E-state index is 0.0625. The zero-order valence-corrected chi connectivity index (χ0v) is 7.78. The molecule has 0 aliphatic carbocycles. The van der Waals surface area contributed by atoms with Gasteiger partial charge in [0.15, 0.2) is 0 Å². The summed E-state index contributed by atoms with van der Waals surface area (Å²) in [7, 11) is 1.32. The number of pyridine rings is 1. The number of methoxy groups -OCH3 is 1. The summed E-state index contributed by atoms with van der Waals surface area (Å²) in [6, 6.07) is 3.32. The van der Waals surface area contributed by atoms with Crippen LogP contribution in [0.15, 0.2) is 18.3 Å². The lowest BCUT2D eigenvalue weighted by Crippen LogP contribution is -1.97. The van der Waals surface area contributed by atoms with E-state index in [-0.39, 0.29) is 12.4 Å². The van der Waals surface area contributed by atoms with E-state index in [4.69, 9.17) is 5.73 Å².